The van der Waals surface area contributed by atoms with Crippen LogP contribution in [0.25, 0.3) is 22.2 Å². The summed E-state index contributed by atoms with van der Waals surface area (Å²) in [6.07, 6.45) is -2.78. The third kappa shape index (κ3) is 7.82. The van der Waals surface area contributed by atoms with Crippen molar-refractivity contribution in [2.45, 2.75) is 56.4 Å². The fourth-order valence-corrected chi connectivity index (χ4v) is 7.74. The van der Waals surface area contributed by atoms with E-state index in [2.05, 4.69) is 15.1 Å². The standard InChI is InChI=1S/C37H41F3N4O4S/c1-3-49(46,47)30-12-13-31-33(23-30)42-35(27-10-7-11-28(22-27)37(38,39)40)32(34(31)36(45)41-25(2)26-8-5-4-6-9-26)24-43-16-14-29(15-17-43)44-18-20-48-21-19-44/h4-13,22-23,25,29H,3,14-21,24H2,1-2H3,(H,41,45)/t25-/m0/s1. The molecule has 0 spiro atoms. The van der Waals surface area contributed by atoms with Crippen molar-refractivity contribution >= 4 is 26.6 Å². The number of likely N-dealkylation sites (tertiary alicyclic amines) is 1. The number of morpholine rings is 1. The van der Waals surface area contributed by atoms with Gasteiger partial charge in [-0.1, -0.05) is 55.5 Å². The zero-order chi connectivity index (χ0) is 34.8. The molecule has 0 radical (unpaired) electrons. The molecule has 2 fully saturated rings. The Morgan fingerprint density at radius 1 is 0.980 bits per heavy atom. The predicted octanol–water partition coefficient (Wildman–Crippen LogP) is 6.50. The number of benzene rings is 3. The SMILES string of the molecule is CCS(=O)(=O)c1ccc2c(C(=O)N[C@@H](C)c3ccccc3)c(CN3CCC(N4CCOCC4)CC3)c(-c3cccc(C(F)(F)F)c3)nc2c1. The number of pyridine rings is 1. The molecular formula is C37H41F3N4O4S. The number of carbonyl (C=O) groups is 1. The highest BCUT2D eigenvalue weighted by molar-refractivity contribution is 7.91. The van der Waals surface area contributed by atoms with Gasteiger partial charge >= 0.3 is 6.18 Å². The van der Waals surface area contributed by atoms with Crippen molar-refractivity contribution in [1.29, 1.82) is 0 Å². The van der Waals surface area contributed by atoms with Crippen molar-refractivity contribution in [3.63, 3.8) is 0 Å². The molecule has 8 nitrogen and oxygen atoms in total. The number of alkyl halides is 3. The predicted molar refractivity (Wildman–Crippen MR) is 183 cm³/mol. The topological polar surface area (TPSA) is 91.8 Å². The van der Waals surface area contributed by atoms with Gasteiger partial charge in [0.2, 0.25) is 0 Å². The Balaban J connectivity index is 1.49. The summed E-state index contributed by atoms with van der Waals surface area (Å²) in [4.78, 5) is 24.0. The molecule has 0 bridgehead atoms. The number of halogens is 3. The second-order valence-corrected chi connectivity index (χ2v) is 15.0. The van der Waals surface area contributed by atoms with E-state index in [-0.39, 0.29) is 45.6 Å². The fraction of sp³-hybridized carbons (Fsp3) is 0.405. The molecule has 1 atom stereocenters. The summed E-state index contributed by atoms with van der Waals surface area (Å²) >= 11 is 0. The summed E-state index contributed by atoms with van der Waals surface area (Å²) in [6, 6.07) is 18.9. The molecule has 1 N–H and O–H groups in total. The summed E-state index contributed by atoms with van der Waals surface area (Å²) in [5.74, 6) is -0.555. The van der Waals surface area contributed by atoms with Gasteiger partial charge in [-0.2, -0.15) is 13.2 Å². The lowest BCUT2D eigenvalue weighted by molar-refractivity contribution is -0.137. The molecule has 4 aromatic rings. The molecular weight excluding hydrogens is 653 g/mol. The minimum Gasteiger partial charge on any atom is -0.379 e. The maximum Gasteiger partial charge on any atom is 0.416 e. The lowest BCUT2D eigenvalue weighted by atomic mass is 9.93. The molecule has 6 rings (SSSR count). The number of piperidine rings is 1. The first kappa shape index (κ1) is 35.0. The van der Waals surface area contributed by atoms with Gasteiger partial charge in [0.25, 0.3) is 5.91 Å². The minimum atomic E-state index is -4.60. The quantitative estimate of drug-likeness (QED) is 0.214. The van der Waals surface area contributed by atoms with Crippen molar-refractivity contribution in [3.8, 4) is 11.3 Å². The lowest BCUT2D eigenvalue weighted by Gasteiger charge is -2.40. The fourth-order valence-electron chi connectivity index (χ4n) is 6.84. The molecule has 49 heavy (non-hydrogen) atoms. The number of carbonyl (C=O) groups excluding carboxylic acids is 1. The van der Waals surface area contributed by atoms with Gasteiger partial charge in [0.15, 0.2) is 9.84 Å². The summed E-state index contributed by atoms with van der Waals surface area (Å²) in [6.45, 7) is 8.35. The third-order valence-corrected chi connectivity index (χ3v) is 11.4. The van der Waals surface area contributed by atoms with E-state index in [1.807, 2.05) is 37.3 Å². The van der Waals surface area contributed by atoms with Crippen LogP contribution in [0.5, 0.6) is 0 Å². The number of amides is 1. The third-order valence-electron chi connectivity index (χ3n) is 9.64. The van der Waals surface area contributed by atoms with Crippen LogP contribution in [0, 0.1) is 0 Å². The van der Waals surface area contributed by atoms with Gasteiger partial charge in [0.05, 0.1) is 52.2 Å². The first-order valence-electron chi connectivity index (χ1n) is 16.7. The highest BCUT2D eigenvalue weighted by atomic mass is 32.2. The van der Waals surface area contributed by atoms with E-state index in [1.165, 1.54) is 25.1 Å². The molecule has 1 aromatic heterocycles. The average Bonchev–Trinajstić information content (AvgIpc) is 3.11. The molecule has 1 amide bonds. The Labute approximate surface area is 285 Å². The van der Waals surface area contributed by atoms with Crippen molar-refractivity contribution < 1.29 is 31.1 Å². The van der Waals surface area contributed by atoms with Gasteiger partial charge in [-0.25, -0.2) is 13.4 Å². The Bertz CT molecular complexity index is 1910. The van der Waals surface area contributed by atoms with E-state index in [1.54, 1.807) is 12.1 Å². The van der Waals surface area contributed by atoms with Crippen LogP contribution in [-0.4, -0.2) is 80.3 Å². The smallest absolute Gasteiger partial charge is 0.379 e. The Hall–Kier alpha value is -3.84. The monoisotopic (exact) mass is 694 g/mol. The van der Waals surface area contributed by atoms with Gasteiger partial charge in [-0.3, -0.25) is 14.6 Å². The molecule has 3 heterocycles. The van der Waals surface area contributed by atoms with E-state index in [0.29, 0.717) is 30.2 Å². The molecule has 2 aliphatic heterocycles. The summed E-state index contributed by atoms with van der Waals surface area (Å²) in [5, 5.41) is 3.53. The van der Waals surface area contributed by atoms with Crippen LogP contribution in [0.3, 0.4) is 0 Å². The number of rotatable bonds is 9. The van der Waals surface area contributed by atoms with Crippen LogP contribution < -0.4 is 5.32 Å². The maximum atomic E-state index is 14.4. The van der Waals surface area contributed by atoms with Crippen LogP contribution in [0.4, 0.5) is 13.2 Å². The van der Waals surface area contributed by atoms with Gasteiger partial charge < -0.3 is 10.1 Å². The number of sulfone groups is 1. The second kappa shape index (κ2) is 14.6. The number of hydrogen-bond acceptors (Lipinski definition) is 7. The number of hydrogen-bond donors (Lipinski definition) is 1. The molecule has 2 saturated heterocycles. The van der Waals surface area contributed by atoms with E-state index in [9.17, 15) is 26.4 Å². The van der Waals surface area contributed by atoms with E-state index in [4.69, 9.17) is 9.72 Å². The van der Waals surface area contributed by atoms with E-state index >= 15 is 0 Å². The van der Waals surface area contributed by atoms with Crippen LogP contribution in [0.1, 0.15) is 59.8 Å². The number of nitrogens with zero attached hydrogens (tertiary/aromatic N) is 3. The van der Waals surface area contributed by atoms with Gasteiger partial charge in [-0.05, 0) is 62.7 Å². The van der Waals surface area contributed by atoms with Gasteiger partial charge in [-0.15, -0.1) is 0 Å². The Morgan fingerprint density at radius 3 is 2.37 bits per heavy atom. The summed E-state index contributed by atoms with van der Waals surface area (Å²) < 4.78 is 73.2. The Morgan fingerprint density at radius 2 is 1.69 bits per heavy atom. The molecule has 0 saturated carbocycles. The maximum absolute atomic E-state index is 14.4. The number of nitrogens with one attached hydrogen (secondary N) is 1. The van der Waals surface area contributed by atoms with Crippen molar-refractivity contribution in [2.24, 2.45) is 0 Å². The van der Waals surface area contributed by atoms with E-state index in [0.717, 1.165) is 56.7 Å². The molecule has 260 valence electrons. The van der Waals surface area contributed by atoms with Crippen molar-refractivity contribution in [2.75, 3.05) is 45.1 Å². The zero-order valence-electron chi connectivity index (χ0n) is 27.7. The molecule has 12 heteroatoms. The summed E-state index contributed by atoms with van der Waals surface area (Å²) in [7, 11) is -3.64. The van der Waals surface area contributed by atoms with E-state index < -0.39 is 27.5 Å². The largest absolute Gasteiger partial charge is 0.416 e. The van der Waals surface area contributed by atoms with Gasteiger partial charge in [0.1, 0.15) is 0 Å². The first-order valence-corrected chi connectivity index (χ1v) is 18.4. The highest BCUT2D eigenvalue weighted by Crippen LogP contribution is 2.37. The van der Waals surface area contributed by atoms with Crippen LogP contribution in [0.2, 0.25) is 0 Å². The first-order chi connectivity index (χ1) is 23.4. The zero-order valence-corrected chi connectivity index (χ0v) is 28.5. The lowest BCUT2D eigenvalue weighted by Crippen LogP contribution is -2.48. The highest BCUT2D eigenvalue weighted by Gasteiger charge is 2.33. The normalized spacial score (nSPS) is 17.7. The number of ether oxygens (including phenoxy) is 1. The Kier molecular flexibility index (Phi) is 10.4. The van der Waals surface area contributed by atoms with Crippen LogP contribution in [-0.2, 0) is 27.3 Å². The van der Waals surface area contributed by atoms with Crippen LogP contribution >= 0.6 is 0 Å². The number of fused-ring (bicyclic) bond motifs is 1. The van der Waals surface area contributed by atoms with Crippen molar-refractivity contribution in [3.05, 3.63) is 95.1 Å². The van der Waals surface area contributed by atoms with Crippen molar-refractivity contribution in [1.82, 2.24) is 20.1 Å². The second-order valence-electron chi connectivity index (χ2n) is 12.7. The minimum absolute atomic E-state index is 0.0342. The number of aromatic nitrogens is 1. The van der Waals surface area contributed by atoms with Crippen LogP contribution in [0.15, 0.2) is 77.7 Å². The van der Waals surface area contributed by atoms with Gasteiger partial charge in [0, 0.05) is 42.2 Å². The molecule has 2 aliphatic rings. The molecule has 3 aromatic carbocycles. The molecule has 0 aliphatic carbocycles. The average molecular weight is 695 g/mol. The summed E-state index contributed by atoms with van der Waals surface area (Å²) in [5.41, 5.74) is 1.46. The molecule has 0 unspecified atom stereocenters.